The van der Waals surface area contributed by atoms with E-state index in [9.17, 15) is 10.1 Å². The summed E-state index contributed by atoms with van der Waals surface area (Å²) in [5.41, 5.74) is 6.37. The molecule has 7 heteroatoms. The Morgan fingerprint density at radius 3 is 2.62 bits per heavy atom. The highest BCUT2D eigenvalue weighted by Crippen LogP contribution is 2.32. The van der Waals surface area contributed by atoms with Gasteiger partial charge in [-0.3, -0.25) is 15.5 Å². The normalized spacial score (nSPS) is 10.2. The van der Waals surface area contributed by atoms with Gasteiger partial charge in [-0.25, -0.2) is 0 Å². The summed E-state index contributed by atoms with van der Waals surface area (Å²) < 4.78 is 5.69. The van der Waals surface area contributed by atoms with Crippen LogP contribution in [-0.4, -0.2) is 10.8 Å². The lowest BCUT2D eigenvalue weighted by atomic mass is 10.1. The molecule has 0 aromatic heterocycles. The number of nitro benzene ring substituents is 1. The van der Waals surface area contributed by atoms with Crippen molar-refractivity contribution in [2.24, 2.45) is 5.73 Å². The molecule has 108 valence electrons. The smallest absolute Gasteiger partial charge is 0.269 e. The zero-order valence-corrected chi connectivity index (χ0v) is 11.8. The molecule has 0 spiro atoms. The van der Waals surface area contributed by atoms with E-state index in [0.717, 1.165) is 0 Å². The molecule has 0 radical (unpaired) electrons. The van der Waals surface area contributed by atoms with Crippen LogP contribution >= 0.6 is 11.6 Å². The molecule has 0 bridgehead atoms. The quantitative estimate of drug-likeness (QED) is 0.389. The van der Waals surface area contributed by atoms with Crippen molar-refractivity contribution in [3.63, 3.8) is 0 Å². The SMILES string of the molecule is Cc1cc([N+](=O)[O-])ccc1Oc1cccc(Cl)c1C(=N)N. The number of halogens is 1. The van der Waals surface area contributed by atoms with Gasteiger partial charge in [0.05, 0.1) is 15.5 Å². The largest absolute Gasteiger partial charge is 0.456 e. The van der Waals surface area contributed by atoms with E-state index < -0.39 is 4.92 Å². The third kappa shape index (κ3) is 3.11. The molecule has 0 unspecified atom stereocenters. The van der Waals surface area contributed by atoms with Crippen molar-refractivity contribution in [3.8, 4) is 11.5 Å². The fourth-order valence-corrected chi connectivity index (χ4v) is 2.10. The number of ether oxygens (including phenoxy) is 1. The molecule has 2 rings (SSSR count). The lowest BCUT2D eigenvalue weighted by Crippen LogP contribution is -2.13. The minimum absolute atomic E-state index is 0.0160. The van der Waals surface area contributed by atoms with Gasteiger partial charge in [-0.1, -0.05) is 17.7 Å². The zero-order valence-electron chi connectivity index (χ0n) is 11.1. The highest BCUT2D eigenvalue weighted by Gasteiger charge is 2.14. The van der Waals surface area contributed by atoms with Crippen LogP contribution in [0.2, 0.25) is 5.02 Å². The second-order valence-electron chi connectivity index (χ2n) is 4.34. The molecule has 0 saturated carbocycles. The number of hydrogen-bond donors (Lipinski definition) is 2. The lowest BCUT2D eigenvalue weighted by Gasteiger charge is -2.13. The van der Waals surface area contributed by atoms with Crippen LogP contribution in [0.3, 0.4) is 0 Å². The molecule has 3 N–H and O–H groups in total. The van der Waals surface area contributed by atoms with Gasteiger partial charge in [-0.05, 0) is 30.7 Å². The number of nitrogen functional groups attached to an aromatic ring is 1. The molecule has 2 aromatic rings. The Labute approximate surface area is 125 Å². The van der Waals surface area contributed by atoms with E-state index in [2.05, 4.69) is 0 Å². The molecular formula is C14H12ClN3O3. The average Bonchev–Trinajstić information content (AvgIpc) is 2.40. The summed E-state index contributed by atoms with van der Waals surface area (Å²) in [5.74, 6) is 0.549. The Morgan fingerprint density at radius 1 is 1.33 bits per heavy atom. The maximum absolute atomic E-state index is 10.7. The molecule has 0 amide bonds. The predicted molar refractivity (Wildman–Crippen MR) is 80.4 cm³/mol. The van der Waals surface area contributed by atoms with Gasteiger partial charge >= 0.3 is 0 Å². The number of nitrogens with two attached hydrogens (primary N) is 1. The third-order valence-corrected chi connectivity index (χ3v) is 3.15. The van der Waals surface area contributed by atoms with Crippen LogP contribution in [0, 0.1) is 22.4 Å². The minimum Gasteiger partial charge on any atom is -0.456 e. The molecule has 21 heavy (non-hydrogen) atoms. The second kappa shape index (κ2) is 5.80. The zero-order chi connectivity index (χ0) is 15.6. The Kier molecular flexibility index (Phi) is 4.09. The number of non-ortho nitro benzene ring substituents is 1. The summed E-state index contributed by atoms with van der Waals surface area (Å²) in [6, 6.07) is 9.16. The van der Waals surface area contributed by atoms with Crippen LogP contribution in [0.5, 0.6) is 11.5 Å². The van der Waals surface area contributed by atoms with E-state index in [1.165, 1.54) is 18.2 Å². The fraction of sp³-hybridized carbons (Fsp3) is 0.0714. The second-order valence-corrected chi connectivity index (χ2v) is 4.74. The molecule has 0 atom stereocenters. The number of nitrogens with one attached hydrogen (secondary N) is 1. The minimum atomic E-state index is -0.475. The Bertz CT molecular complexity index is 731. The van der Waals surface area contributed by atoms with Gasteiger partial charge < -0.3 is 10.5 Å². The maximum atomic E-state index is 10.7. The Morgan fingerprint density at radius 2 is 2.05 bits per heavy atom. The third-order valence-electron chi connectivity index (χ3n) is 2.83. The predicted octanol–water partition coefficient (Wildman–Crippen LogP) is 3.63. The number of nitro groups is 1. The molecule has 0 aliphatic rings. The van der Waals surface area contributed by atoms with Crippen LogP contribution < -0.4 is 10.5 Å². The van der Waals surface area contributed by atoms with Gasteiger partial charge in [0.15, 0.2) is 0 Å². The van der Waals surface area contributed by atoms with Gasteiger partial charge in [0.25, 0.3) is 5.69 Å². The monoisotopic (exact) mass is 305 g/mol. The van der Waals surface area contributed by atoms with Gasteiger partial charge in [0, 0.05) is 12.1 Å². The standard InChI is InChI=1S/C14H12ClN3O3/c1-8-7-9(18(19)20)5-6-11(8)21-12-4-2-3-10(15)13(12)14(16)17/h2-7H,1H3,(H3,16,17). The molecular weight excluding hydrogens is 294 g/mol. The number of rotatable bonds is 4. The van der Waals surface area contributed by atoms with Gasteiger partial charge in [0.2, 0.25) is 0 Å². The Hall–Kier alpha value is -2.60. The van der Waals surface area contributed by atoms with E-state index in [0.29, 0.717) is 22.1 Å². The van der Waals surface area contributed by atoms with Gasteiger partial charge in [-0.2, -0.15) is 0 Å². The van der Waals surface area contributed by atoms with E-state index >= 15 is 0 Å². The van der Waals surface area contributed by atoms with Crippen LogP contribution in [0.4, 0.5) is 5.69 Å². The average molecular weight is 306 g/mol. The van der Waals surface area contributed by atoms with Crippen LogP contribution in [-0.2, 0) is 0 Å². The van der Waals surface area contributed by atoms with E-state index in [1.54, 1.807) is 25.1 Å². The molecule has 0 fully saturated rings. The van der Waals surface area contributed by atoms with Gasteiger partial charge in [-0.15, -0.1) is 0 Å². The summed E-state index contributed by atoms with van der Waals surface area (Å²) >= 11 is 6.01. The van der Waals surface area contributed by atoms with Crippen molar-refractivity contribution < 1.29 is 9.66 Å². The number of nitrogens with zero attached hydrogens (tertiary/aromatic N) is 1. The summed E-state index contributed by atoms with van der Waals surface area (Å²) in [7, 11) is 0. The lowest BCUT2D eigenvalue weighted by molar-refractivity contribution is -0.384. The van der Waals surface area contributed by atoms with E-state index in [4.69, 9.17) is 27.5 Å². The van der Waals surface area contributed by atoms with Crippen LogP contribution in [0.1, 0.15) is 11.1 Å². The first-order valence-electron chi connectivity index (χ1n) is 5.96. The molecule has 0 saturated heterocycles. The van der Waals surface area contributed by atoms with E-state index in [-0.39, 0.29) is 17.1 Å². The molecule has 0 aliphatic carbocycles. The first-order valence-corrected chi connectivity index (χ1v) is 6.33. The summed E-state index contributed by atoms with van der Waals surface area (Å²) in [5, 5.41) is 18.6. The molecule has 6 nitrogen and oxygen atoms in total. The van der Waals surface area contributed by atoms with Crippen molar-refractivity contribution in [1.29, 1.82) is 5.41 Å². The highest BCUT2D eigenvalue weighted by molar-refractivity contribution is 6.34. The van der Waals surface area contributed by atoms with E-state index in [1.807, 2.05) is 0 Å². The Balaban J connectivity index is 2.42. The molecule has 0 aliphatic heterocycles. The fourth-order valence-electron chi connectivity index (χ4n) is 1.83. The van der Waals surface area contributed by atoms with Crippen LogP contribution in [0.25, 0.3) is 0 Å². The molecule has 0 heterocycles. The molecule has 2 aromatic carbocycles. The summed E-state index contributed by atoms with van der Waals surface area (Å²) in [6.45, 7) is 1.69. The number of benzene rings is 2. The van der Waals surface area contributed by atoms with Crippen LogP contribution in [0.15, 0.2) is 36.4 Å². The van der Waals surface area contributed by atoms with Crippen molar-refractivity contribution in [2.45, 2.75) is 6.92 Å². The maximum Gasteiger partial charge on any atom is 0.269 e. The number of amidine groups is 1. The first-order chi connectivity index (χ1) is 9.90. The van der Waals surface area contributed by atoms with Crippen molar-refractivity contribution in [1.82, 2.24) is 0 Å². The topological polar surface area (TPSA) is 102 Å². The first kappa shape index (κ1) is 14.8. The number of aryl methyl sites for hydroxylation is 1. The summed E-state index contributed by atoms with van der Waals surface area (Å²) in [4.78, 5) is 10.2. The van der Waals surface area contributed by atoms with Crippen molar-refractivity contribution in [3.05, 3.63) is 62.7 Å². The van der Waals surface area contributed by atoms with Crippen molar-refractivity contribution >= 4 is 23.1 Å². The number of hydrogen-bond acceptors (Lipinski definition) is 4. The summed E-state index contributed by atoms with van der Waals surface area (Å²) in [6.07, 6.45) is 0. The highest BCUT2D eigenvalue weighted by atomic mass is 35.5. The van der Waals surface area contributed by atoms with Gasteiger partial charge in [0.1, 0.15) is 17.3 Å². The van der Waals surface area contributed by atoms with Crippen molar-refractivity contribution in [2.75, 3.05) is 0 Å².